The summed E-state index contributed by atoms with van der Waals surface area (Å²) in [6.07, 6.45) is 3.19. The van der Waals surface area contributed by atoms with Crippen LogP contribution in [0.25, 0.3) is 0 Å². The van der Waals surface area contributed by atoms with Crippen molar-refractivity contribution in [1.82, 2.24) is 4.90 Å². The van der Waals surface area contributed by atoms with Crippen LogP contribution in [0, 0.1) is 11.8 Å². The SMILES string of the molecule is CC(=O)c1cccc(NC(=O)COC(=O)CCN2C(=O)[C@@H]3CCCC[C@H]3C2=O)c1. The fraction of sp³-hybridized carbons (Fsp3) is 0.476. The van der Waals surface area contributed by atoms with E-state index in [1.54, 1.807) is 18.2 Å². The van der Waals surface area contributed by atoms with Crippen molar-refractivity contribution < 1.29 is 28.7 Å². The predicted molar refractivity (Wildman–Crippen MR) is 103 cm³/mol. The number of carbonyl (C=O) groups excluding carboxylic acids is 5. The normalized spacial score (nSPS) is 20.9. The summed E-state index contributed by atoms with van der Waals surface area (Å²) in [6, 6.07) is 6.43. The van der Waals surface area contributed by atoms with Gasteiger partial charge in [-0.3, -0.25) is 28.9 Å². The second kappa shape index (κ2) is 8.98. The first-order valence-corrected chi connectivity index (χ1v) is 9.78. The molecule has 1 aromatic rings. The van der Waals surface area contributed by atoms with Crippen molar-refractivity contribution in [2.24, 2.45) is 11.8 Å². The van der Waals surface area contributed by atoms with Gasteiger partial charge in [-0.15, -0.1) is 0 Å². The number of esters is 1. The number of nitrogens with zero attached hydrogens (tertiary/aromatic N) is 1. The summed E-state index contributed by atoms with van der Waals surface area (Å²) in [5.74, 6) is -2.22. The lowest BCUT2D eigenvalue weighted by Crippen LogP contribution is -2.33. The van der Waals surface area contributed by atoms with E-state index in [1.807, 2.05) is 0 Å². The molecule has 0 bridgehead atoms. The van der Waals surface area contributed by atoms with Gasteiger partial charge in [0.15, 0.2) is 12.4 Å². The Hall–Kier alpha value is -3.03. The molecule has 8 heteroatoms. The van der Waals surface area contributed by atoms with Crippen LogP contribution in [-0.2, 0) is 23.9 Å². The first-order valence-electron chi connectivity index (χ1n) is 9.78. The monoisotopic (exact) mass is 400 g/mol. The number of anilines is 1. The number of likely N-dealkylation sites (tertiary alicyclic amines) is 1. The van der Waals surface area contributed by atoms with E-state index in [2.05, 4.69) is 5.32 Å². The van der Waals surface area contributed by atoms with Crippen molar-refractivity contribution >= 4 is 35.2 Å². The first-order chi connectivity index (χ1) is 13.9. The van der Waals surface area contributed by atoms with Gasteiger partial charge >= 0.3 is 5.97 Å². The van der Waals surface area contributed by atoms with Gasteiger partial charge in [0.2, 0.25) is 11.8 Å². The number of hydrogen-bond donors (Lipinski definition) is 1. The fourth-order valence-corrected chi connectivity index (χ4v) is 3.89. The van der Waals surface area contributed by atoms with Crippen molar-refractivity contribution in [2.75, 3.05) is 18.5 Å². The zero-order chi connectivity index (χ0) is 21.0. The van der Waals surface area contributed by atoms with Crippen molar-refractivity contribution in [3.05, 3.63) is 29.8 Å². The number of Topliss-reactive ketones (excluding diaryl/α,β-unsaturated/α-hetero) is 1. The van der Waals surface area contributed by atoms with Crippen molar-refractivity contribution in [3.63, 3.8) is 0 Å². The molecular weight excluding hydrogens is 376 g/mol. The third-order valence-corrected chi connectivity index (χ3v) is 5.39. The molecule has 0 unspecified atom stereocenters. The second-order valence-corrected chi connectivity index (χ2v) is 7.42. The molecule has 2 fully saturated rings. The molecule has 1 aliphatic carbocycles. The van der Waals surface area contributed by atoms with Crippen LogP contribution in [0.3, 0.4) is 0 Å². The van der Waals surface area contributed by atoms with Gasteiger partial charge < -0.3 is 10.1 Å². The molecule has 0 spiro atoms. The maximum Gasteiger partial charge on any atom is 0.308 e. The molecule has 1 N–H and O–H groups in total. The number of fused-ring (bicyclic) bond motifs is 1. The summed E-state index contributed by atoms with van der Waals surface area (Å²) in [5, 5.41) is 2.55. The lowest BCUT2D eigenvalue weighted by molar-refractivity contribution is -0.148. The largest absolute Gasteiger partial charge is 0.456 e. The molecular formula is C21H24N2O6. The minimum Gasteiger partial charge on any atom is -0.456 e. The molecule has 3 rings (SSSR count). The Balaban J connectivity index is 1.43. The van der Waals surface area contributed by atoms with Crippen molar-refractivity contribution in [1.29, 1.82) is 0 Å². The lowest BCUT2D eigenvalue weighted by Gasteiger charge is -2.19. The van der Waals surface area contributed by atoms with E-state index in [4.69, 9.17) is 4.74 Å². The van der Waals surface area contributed by atoms with E-state index in [1.165, 1.54) is 13.0 Å². The number of nitrogens with one attached hydrogen (secondary N) is 1. The molecule has 1 saturated carbocycles. The smallest absolute Gasteiger partial charge is 0.308 e. The average Bonchev–Trinajstić information content (AvgIpc) is 2.95. The maximum atomic E-state index is 12.4. The summed E-state index contributed by atoms with van der Waals surface area (Å²) in [7, 11) is 0. The molecule has 2 aliphatic rings. The van der Waals surface area contributed by atoms with Crippen LogP contribution in [0.15, 0.2) is 24.3 Å². The van der Waals surface area contributed by atoms with Crippen LogP contribution >= 0.6 is 0 Å². The third-order valence-electron chi connectivity index (χ3n) is 5.39. The van der Waals surface area contributed by atoms with Gasteiger partial charge in [0, 0.05) is 17.8 Å². The number of hydrogen-bond acceptors (Lipinski definition) is 6. The zero-order valence-corrected chi connectivity index (χ0v) is 16.3. The number of ketones is 1. The minimum absolute atomic E-state index is 0.0220. The van der Waals surface area contributed by atoms with E-state index >= 15 is 0 Å². The highest BCUT2D eigenvalue weighted by molar-refractivity contribution is 6.05. The maximum absolute atomic E-state index is 12.4. The number of ether oxygens (including phenoxy) is 1. The highest BCUT2D eigenvalue weighted by atomic mass is 16.5. The molecule has 1 aromatic carbocycles. The van der Waals surface area contributed by atoms with Crippen LogP contribution in [0.2, 0.25) is 0 Å². The highest BCUT2D eigenvalue weighted by Gasteiger charge is 2.47. The van der Waals surface area contributed by atoms with Gasteiger partial charge in [-0.2, -0.15) is 0 Å². The number of imide groups is 1. The van der Waals surface area contributed by atoms with E-state index < -0.39 is 18.5 Å². The molecule has 8 nitrogen and oxygen atoms in total. The Morgan fingerprint density at radius 2 is 1.76 bits per heavy atom. The van der Waals surface area contributed by atoms with E-state index in [-0.39, 0.29) is 42.4 Å². The molecule has 154 valence electrons. The number of benzene rings is 1. The van der Waals surface area contributed by atoms with E-state index in [9.17, 15) is 24.0 Å². The van der Waals surface area contributed by atoms with Gasteiger partial charge in [-0.1, -0.05) is 25.0 Å². The topological polar surface area (TPSA) is 110 Å². The molecule has 2 atom stereocenters. The molecule has 1 aliphatic heterocycles. The number of rotatable bonds is 7. The molecule has 0 radical (unpaired) electrons. The Labute approximate surface area is 168 Å². The van der Waals surface area contributed by atoms with Crippen molar-refractivity contribution in [3.8, 4) is 0 Å². The highest BCUT2D eigenvalue weighted by Crippen LogP contribution is 2.37. The molecule has 1 heterocycles. The van der Waals surface area contributed by atoms with E-state index in [0.29, 0.717) is 11.3 Å². The second-order valence-electron chi connectivity index (χ2n) is 7.42. The van der Waals surface area contributed by atoms with E-state index in [0.717, 1.165) is 30.6 Å². The number of carbonyl (C=O) groups is 5. The fourth-order valence-electron chi connectivity index (χ4n) is 3.89. The summed E-state index contributed by atoms with van der Waals surface area (Å²) in [4.78, 5) is 61.2. The third kappa shape index (κ3) is 4.88. The molecule has 29 heavy (non-hydrogen) atoms. The van der Waals surface area contributed by atoms with Crippen LogP contribution in [0.4, 0.5) is 5.69 Å². The van der Waals surface area contributed by atoms with Crippen LogP contribution in [0.5, 0.6) is 0 Å². The van der Waals surface area contributed by atoms with Gasteiger partial charge in [-0.05, 0) is 31.9 Å². The molecule has 0 aromatic heterocycles. The van der Waals surface area contributed by atoms with Crippen LogP contribution in [0.1, 0.15) is 49.4 Å². The standard InChI is InChI=1S/C21H24N2O6/c1-13(24)14-5-4-6-15(11-14)22-18(25)12-29-19(26)9-10-23-20(27)16-7-2-3-8-17(16)21(23)28/h4-6,11,16-17H,2-3,7-10,12H2,1H3,(H,22,25)/t16-,17-/m1/s1. The quantitative estimate of drug-likeness (QED) is 0.425. The Morgan fingerprint density at radius 3 is 2.38 bits per heavy atom. The van der Waals surface area contributed by atoms with Crippen LogP contribution < -0.4 is 5.32 Å². The summed E-state index contributed by atoms with van der Waals surface area (Å²) in [6.45, 7) is 0.912. The van der Waals surface area contributed by atoms with Gasteiger partial charge in [0.25, 0.3) is 5.91 Å². The first kappa shape index (κ1) is 20.7. The van der Waals surface area contributed by atoms with Crippen LogP contribution in [-0.4, -0.2) is 47.5 Å². The summed E-state index contributed by atoms with van der Waals surface area (Å²) in [5.41, 5.74) is 0.884. The van der Waals surface area contributed by atoms with Gasteiger partial charge in [-0.25, -0.2) is 0 Å². The summed E-state index contributed by atoms with van der Waals surface area (Å²) < 4.78 is 4.94. The Bertz CT molecular complexity index is 825. The predicted octanol–water partition coefficient (Wildman–Crippen LogP) is 1.94. The zero-order valence-electron chi connectivity index (χ0n) is 16.3. The van der Waals surface area contributed by atoms with Gasteiger partial charge in [0.1, 0.15) is 0 Å². The van der Waals surface area contributed by atoms with Gasteiger partial charge in [0.05, 0.1) is 18.3 Å². The van der Waals surface area contributed by atoms with Crippen molar-refractivity contribution in [2.45, 2.75) is 39.0 Å². The lowest BCUT2D eigenvalue weighted by atomic mass is 9.81. The molecule has 3 amide bonds. The average molecular weight is 400 g/mol. The molecule has 1 saturated heterocycles. The summed E-state index contributed by atoms with van der Waals surface area (Å²) >= 11 is 0. The minimum atomic E-state index is -0.659. The Morgan fingerprint density at radius 1 is 1.10 bits per heavy atom. The Kier molecular flexibility index (Phi) is 6.41. The number of amides is 3.